The number of thioether (sulfide) groups is 1. The van der Waals surface area contributed by atoms with E-state index in [9.17, 15) is 9.59 Å². The van der Waals surface area contributed by atoms with Crippen LogP contribution in [-0.2, 0) is 11.3 Å². The third-order valence-corrected chi connectivity index (χ3v) is 4.54. The van der Waals surface area contributed by atoms with Crippen molar-refractivity contribution in [3.05, 3.63) is 52.3 Å². The Morgan fingerprint density at radius 2 is 2.00 bits per heavy atom. The second-order valence-corrected chi connectivity index (χ2v) is 6.36. The number of imide groups is 1. The summed E-state index contributed by atoms with van der Waals surface area (Å²) in [6, 6.07) is 7.22. The molecule has 0 atom stereocenters. The molecule has 1 aromatic carbocycles. The van der Waals surface area contributed by atoms with Crippen molar-refractivity contribution in [2.75, 3.05) is 12.8 Å². The number of carbonyl (C=O) groups excluding carboxylic acids is 2. The maximum absolute atomic E-state index is 12.5. The van der Waals surface area contributed by atoms with Crippen LogP contribution >= 0.6 is 11.8 Å². The van der Waals surface area contributed by atoms with Gasteiger partial charge in [0.05, 0.1) is 18.6 Å². The molecule has 7 nitrogen and oxygen atoms in total. The number of carbonyl (C=O) groups is 2. The predicted molar refractivity (Wildman–Crippen MR) is 95.7 cm³/mol. The molecule has 2 heterocycles. The number of anilines is 1. The lowest BCUT2D eigenvalue weighted by atomic mass is 10.2. The zero-order valence-corrected chi connectivity index (χ0v) is 14.5. The Labute approximate surface area is 148 Å². The maximum Gasteiger partial charge on any atom is 0.293 e. The topological polar surface area (TPSA) is 98.4 Å². The number of ether oxygens (including phenoxy) is 1. The number of nitrogens with two attached hydrogens (primary N) is 1. The highest BCUT2D eigenvalue weighted by Crippen LogP contribution is 2.33. The van der Waals surface area contributed by atoms with Gasteiger partial charge in [-0.25, -0.2) is 9.97 Å². The highest BCUT2D eigenvalue weighted by molar-refractivity contribution is 8.18. The third-order valence-electron chi connectivity index (χ3n) is 3.63. The van der Waals surface area contributed by atoms with E-state index in [0.29, 0.717) is 16.3 Å². The molecule has 25 heavy (non-hydrogen) atoms. The monoisotopic (exact) mass is 356 g/mol. The summed E-state index contributed by atoms with van der Waals surface area (Å²) < 4.78 is 5.10. The average molecular weight is 356 g/mol. The SMILES string of the molecule is COc1ccc(/C=C2\SC(=O)N(Cc3cnc(C)nc3N)C2=O)cc1. The van der Waals surface area contributed by atoms with Gasteiger partial charge in [-0.3, -0.25) is 14.5 Å². The van der Waals surface area contributed by atoms with Crippen LogP contribution in [0.15, 0.2) is 35.4 Å². The van der Waals surface area contributed by atoms with Crippen molar-refractivity contribution in [3.8, 4) is 5.75 Å². The highest BCUT2D eigenvalue weighted by atomic mass is 32.2. The van der Waals surface area contributed by atoms with E-state index in [-0.39, 0.29) is 23.5 Å². The van der Waals surface area contributed by atoms with Crippen LogP contribution in [-0.4, -0.2) is 33.1 Å². The lowest BCUT2D eigenvalue weighted by Crippen LogP contribution is -2.28. The van der Waals surface area contributed by atoms with Crippen molar-refractivity contribution in [1.82, 2.24) is 14.9 Å². The van der Waals surface area contributed by atoms with Crippen LogP contribution in [0.5, 0.6) is 5.75 Å². The number of methoxy groups -OCH3 is 1. The first kappa shape index (κ1) is 17.0. The average Bonchev–Trinajstić information content (AvgIpc) is 2.85. The standard InChI is InChI=1S/C17H16N4O3S/c1-10-19-8-12(15(18)20-10)9-21-16(22)14(25-17(21)23)7-11-3-5-13(24-2)6-4-11/h3-8H,9H2,1-2H3,(H2,18,19,20)/b14-7-. The van der Waals surface area contributed by atoms with Gasteiger partial charge in [0.1, 0.15) is 17.4 Å². The fraction of sp³-hybridized carbons (Fsp3) is 0.176. The molecule has 0 aliphatic carbocycles. The van der Waals surface area contributed by atoms with E-state index < -0.39 is 0 Å². The first-order chi connectivity index (χ1) is 12.0. The molecule has 128 valence electrons. The summed E-state index contributed by atoms with van der Waals surface area (Å²) in [6.07, 6.45) is 3.22. The molecule has 0 spiro atoms. The quantitative estimate of drug-likeness (QED) is 0.841. The number of nitrogens with zero attached hydrogens (tertiary/aromatic N) is 3. The molecule has 1 aliphatic rings. The van der Waals surface area contributed by atoms with E-state index in [2.05, 4.69) is 9.97 Å². The van der Waals surface area contributed by atoms with Gasteiger partial charge < -0.3 is 10.5 Å². The smallest absolute Gasteiger partial charge is 0.293 e. The minimum absolute atomic E-state index is 0.0523. The van der Waals surface area contributed by atoms with Gasteiger partial charge in [0, 0.05) is 11.8 Å². The van der Waals surface area contributed by atoms with Gasteiger partial charge in [-0.1, -0.05) is 12.1 Å². The number of benzene rings is 1. The van der Waals surface area contributed by atoms with Gasteiger partial charge in [0.15, 0.2) is 0 Å². The Morgan fingerprint density at radius 1 is 1.28 bits per heavy atom. The first-order valence-corrected chi connectivity index (χ1v) is 8.27. The van der Waals surface area contributed by atoms with Crippen LogP contribution in [0.4, 0.5) is 10.6 Å². The molecule has 1 aromatic heterocycles. The lowest BCUT2D eigenvalue weighted by molar-refractivity contribution is -0.123. The van der Waals surface area contributed by atoms with Crippen LogP contribution in [0.1, 0.15) is 17.0 Å². The van der Waals surface area contributed by atoms with Gasteiger partial charge in [-0.15, -0.1) is 0 Å². The number of aryl methyl sites for hydroxylation is 1. The molecule has 0 unspecified atom stereocenters. The van der Waals surface area contributed by atoms with Gasteiger partial charge in [-0.2, -0.15) is 0 Å². The number of amides is 2. The molecule has 1 aliphatic heterocycles. The fourth-order valence-corrected chi connectivity index (χ4v) is 3.13. The molecule has 3 rings (SSSR count). The molecule has 1 saturated heterocycles. The molecule has 1 fully saturated rings. The van der Waals surface area contributed by atoms with Crippen molar-refractivity contribution >= 4 is 34.8 Å². The number of rotatable bonds is 4. The molecular weight excluding hydrogens is 340 g/mol. The second-order valence-electron chi connectivity index (χ2n) is 5.37. The lowest BCUT2D eigenvalue weighted by Gasteiger charge is -2.13. The van der Waals surface area contributed by atoms with E-state index in [1.807, 2.05) is 12.1 Å². The summed E-state index contributed by atoms with van der Waals surface area (Å²) in [7, 11) is 1.58. The Kier molecular flexibility index (Phi) is 4.71. The summed E-state index contributed by atoms with van der Waals surface area (Å²) in [4.78, 5) is 34.4. The maximum atomic E-state index is 12.5. The molecule has 2 amide bonds. The second kappa shape index (κ2) is 6.94. The van der Waals surface area contributed by atoms with E-state index in [1.54, 1.807) is 32.2 Å². The summed E-state index contributed by atoms with van der Waals surface area (Å²) in [5, 5.41) is -0.343. The number of aromatic nitrogens is 2. The Balaban J connectivity index is 1.80. The minimum atomic E-state index is -0.356. The number of hydrogen-bond acceptors (Lipinski definition) is 7. The Bertz CT molecular complexity index is 865. The van der Waals surface area contributed by atoms with Crippen molar-refractivity contribution in [3.63, 3.8) is 0 Å². The van der Waals surface area contributed by atoms with Crippen LogP contribution in [0.3, 0.4) is 0 Å². The summed E-state index contributed by atoms with van der Waals surface area (Å²) in [5.74, 6) is 1.17. The van der Waals surface area contributed by atoms with E-state index in [4.69, 9.17) is 10.5 Å². The molecule has 2 N–H and O–H groups in total. The molecule has 0 radical (unpaired) electrons. The van der Waals surface area contributed by atoms with Crippen molar-refractivity contribution in [1.29, 1.82) is 0 Å². The first-order valence-electron chi connectivity index (χ1n) is 7.45. The van der Waals surface area contributed by atoms with E-state index in [1.165, 1.54) is 6.20 Å². The molecule has 0 saturated carbocycles. The largest absolute Gasteiger partial charge is 0.497 e. The normalized spacial score (nSPS) is 15.9. The van der Waals surface area contributed by atoms with E-state index in [0.717, 1.165) is 28.0 Å². The fourth-order valence-electron chi connectivity index (χ4n) is 2.29. The molecule has 2 aromatic rings. The van der Waals surface area contributed by atoms with Crippen LogP contribution in [0, 0.1) is 6.92 Å². The minimum Gasteiger partial charge on any atom is -0.497 e. The van der Waals surface area contributed by atoms with Gasteiger partial charge in [0.2, 0.25) is 0 Å². The molecular formula is C17H16N4O3S. The summed E-state index contributed by atoms with van der Waals surface area (Å²) >= 11 is 0.900. The van der Waals surface area contributed by atoms with Gasteiger partial charge in [0.25, 0.3) is 11.1 Å². The van der Waals surface area contributed by atoms with Crippen LogP contribution in [0.2, 0.25) is 0 Å². The third kappa shape index (κ3) is 3.63. The summed E-state index contributed by atoms with van der Waals surface area (Å²) in [6.45, 7) is 1.77. The van der Waals surface area contributed by atoms with Crippen molar-refractivity contribution < 1.29 is 14.3 Å². The van der Waals surface area contributed by atoms with Crippen LogP contribution < -0.4 is 10.5 Å². The summed E-state index contributed by atoms with van der Waals surface area (Å²) in [5.41, 5.74) is 7.19. The molecule has 0 bridgehead atoms. The number of nitrogen functional groups attached to an aromatic ring is 1. The van der Waals surface area contributed by atoms with Crippen LogP contribution in [0.25, 0.3) is 6.08 Å². The highest BCUT2D eigenvalue weighted by Gasteiger charge is 2.35. The predicted octanol–water partition coefficient (Wildman–Crippen LogP) is 2.61. The van der Waals surface area contributed by atoms with Crippen molar-refractivity contribution in [2.45, 2.75) is 13.5 Å². The zero-order chi connectivity index (χ0) is 18.0. The Morgan fingerprint density at radius 3 is 2.64 bits per heavy atom. The molecule has 8 heteroatoms. The van der Waals surface area contributed by atoms with Crippen molar-refractivity contribution in [2.24, 2.45) is 0 Å². The zero-order valence-electron chi connectivity index (χ0n) is 13.7. The Hall–Kier alpha value is -2.87. The van der Waals surface area contributed by atoms with Gasteiger partial charge in [-0.05, 0) is 42.5 Å². The number of hydrogen-bond donors (Lipinski definition) is 1. The van der Waals surface area contributed by atoms with E-state index >= 15 is 0 Å². The van der Waals surface area contributed by atoms with Gasteiger partial charge >= 0.3 is 0 Å².